The largest absolute Gasteiger partial charge is 0.398 e. The molecule has 0 saturated carbocycles. The average molecular weight is 344 g/mol. The predicted molar refractivity (Wildman–Crippen MR) is 88.2 cm³/mol. The molecular weight excluding hydrogens is 331 g/mol. The fourth-order valence-corrected chi connectivity index (χ4v) is 2.59. The van der Waals surface area contributed by atoms with Crippen molar-refractivity contribution in [2.45, 2.75) is 13.0 Å². The van der Waals surface area contributed by atoms with Crippen molar-refractivity contribution >= 4 is 46.4 Å². The number of hydrogen-bond donors (Lipinski definition) is 2. The van der Waals surface area contributed by atoms with Crippen LogP contribution < -0.4 is 11.1 Å². The Balaban J connectivity index is 2.16. The molecule has 0 heterocycles. The van der Waals surface area contributed by atoms with Gasteiger partial charge in [0, 0.05) is 15.6 Å². The van der Waals surface area contributed by atoms with Crippen LogP contribution in [-0.4, -0.2) is 5.91 Å². The van der Waals surface area contributed by atoms with Crippen LogP contribution in [0.25, 0.3) is 0 Å². The number of amides is 1. The quantitative estimate of drug-likeness (QED) is 0.792. The summed E-state index contributed by atoms with van der Waals surface area (Å²) in [4.78, 5) is 12.2. The van der Waals surface area contributed by atoms with Crippen molar-refractivity contribution in [2.75, 3.05) is 5.73 Å². The van der Waals surface area contributed by atoms with Crippen molar-refractivity contribution in [3.8, 4) is 0 Å². The average Bonchev–Trinajstić information content (AvgIpc) is 2.41. The molecule has 21 heavy (non-hydrogen) atoms. The third-order valence-electron chi connectivity index (χ3n) is 3.03. The van der Waals surface area contributed by atoms with Crippen molar-refractivity contribution < 1.29 is 4.79 Å². The highest BCUT2D eigenvalue weighted by molar-refractivity contribution is 6.35. The number of benzene rings is 2. The Kier molecular flexibility index (Phi) is 4.99. The van der Waals surface area contributed by atoms with Crippen LogP contribution in [0.15, 0.2) is 36.4 Å². The first-order chi connectivity index (χ1) is 9.88. The van der Waals surface area contributed by atoms with E-state index in [9.17, 15) is 4.79 Å². The van der Waals surface area contributed by atoms with Crippen LogP contribution in [-0.2, 0) is 0 Å². The van der Waals surface area contributed by atoms with Gasteiger partial charge in [0.15, 0.2) is 0 Å². The van der Waals surface area contributed by atoms with Crippen LogP contribution in [0.1, 0.15) is 28.9 Å². The fourth-order valence-electron chi connectivity index (χ4n) is 1.90. The summed E-state index contributed by atoms with van der Waals surface area (Å²) in [5.41, 5.74) is 7.28. The van der Waals surface area contributed by atoms with Crippen LogP contribution in [0.5, 0.6) is 0 Å². The topological polar surface area (TPSA) is 55.1 Å². The van der Waals surface area contributed by atoms with Gasteiger partial charge >= 0.3 is 0 Å². The second-order valence-corrected chi connectivity index (χ2v) is 5.85. The summed E-state index contributed by atoms with van der Waals surface area (Å²) in [6.07, 6.45) is 0. The van der Waals surface area contributed by atoms with E-state index >= 15 is 0 Å². The molecule has 2 aromatic carbocycles. The molecule has 1 unspecified atom stereocenters. The maximum atomic E-state index is 12.2. The molecule has 0 aliphatic carbocycles. The summed E-state index contributed by atoms with van der Waals surface area (Å²) < 4.78 is 0. The van der Waals surface area contributed by atoms with E-state index in [0.29, 0.717) is 26.3 Å². The first-order valence-corrected chi connectivity index (χ1v) is 7.32. The summed E-state index contributed by atoms with van der Waals surface area (Å²) in [5.74, 6) is -0.253. The van der Waals surface area contributed by atoms with Gasteiger partial charge in [-0.3, -0.25) is 4.79 Å². The van der Waals surface area contributed by atoms with Gasteiger partial charge in [-0.05, 0) is 42.8 Å². The number of carbonyl (C=O) groups excluding carboxylic acids is 1. The summed E-state index contributed by atoms with van der Waals surface area (Å²) in [7, 11) is 0. The molecule has 0 fully saturated rings. The predicted octanol–water partition coefficient (Wildman–Crippen LogP) is 4.72. The zero-order valence-corrected chi connectivity index (χ0v) is 13.4. The molecule has 0 aliphatic rings. The molecule has 0 spiro atoms. The van der Waals surface area contributed by atoms with E-state index < -0.39 is 0 Å². The van der Waals surface area contributed by atoms with Crippen LogP contribution in [0.4, 0.5) is 5.69 Å². The number of nitrogens with two attached hydrogens (primary N) is 1. The van der Waals surface area contributed by atoms with E-state index in [0.717, 1.165) is 5.56 Å². The van der Waals surface area contributed by atoms with E-state index in [-0.39, 0.29) is 11.9 Å². The van der Waals surface area contributed by atoms with Crippen molar-refractivity contribution in [3.05, 3.63) is 62.6 Å². The molecule has 0 aromatic heterocycles. The maximum Gasteiger partial charge on any atom is 0.251 e. The summed E-state index contributed by atoms with van der Waals surface area (Å²) in [6, 6.07) is 9.63. The first kappa shape index (κ1) is 16.0. The third kappa shape index (κ3) is 3.82. The normalized spacial score (nSPS) is 12.0. The van der Waals surface area contributed by atoms with Gasteiger partial charge in [-0.2, -0.15) is 0 Å². The Morgan fingerprint density at radius 1 is 1.10 bits per heavy atom. The molecule has 1 atom stereocenters. The van der Waals surface area contributed by atoms with Crippen molar-refractivity contribution in [1.82, 2.24) is 5.32 Å². The van der Waals surface area contributed by atoms with Gasteiger partial charge in [0.2, 0.25) is 0 Å². The van der Waals surface area contributed by atoms with E-state index in [1.54, 1.807) is 30.3 Å². The molecule has 3 nitrogen and oxygen atoms in total. The number of anilines is 1. The van der Waals surface area contributed by atoms with Gasteiger partial charge < -0.3 is 11.1 Å². The van der Waals surface area contributed by atoms with E-state index in [2.05, 4.69) is 5.32 Å². The standard InChI is InChI=1S/C15H13Cl3N2O/c1-8(11-4-3-10(16)7-13(11)18)20-15(21)9-2-5-12(17)14(19)6-9/h2-8H,19H2,1H3,(H,20,21). The lowest BCUT2D eigenvalue weighted by Crippen LogP contribution is -2.26. The van der Waals surface area contributed by atoms with Crippen molar-refractivity contribution in [1.29, 1.82) is 0 Å². The molecule has 110 valence electrons. The number of nitrogens with one attached hydrogen (secondary N) is 1. The molecule has 1 amide bonds. The number of hydrogen-bond acceptors (Lipinski definition) is 2. The first-order valence-electron chi connectivity index (χ1n) is 6.19. The molecule has 0 radical (unpaired) electrons. The minimum absolute atomic E-state index is 0.253. The van der Waals surface area contributed by atoms with E-state index in [4.69, 9.17) is 40.5 Å². The Labute approximate surface area is 138 Å². The van der Waals surface area contributed by atoms with Crippen LogP contribution in [0, 0.1) is 0 Å². The lowest BCUT2D eigenvalue weighted by atomic mass is 10.1. The van der Waals surface area contributed by atoms with Gasteiger partial charge in [0.25, 0.3) is 5.91 Å². The highest BCUT2D eigenvalue weighted by Crippen LogP contribution is 2.26. The lowest BCUT2D eigenvalue weighted by Gasteiger charge is -2.16. The van der Waals surface area contributed by atoms with Gasteiger partial charge in [-0.1, -0.05) is 40.9 Å². The fraction of sp³-hybridized carbons (Fsp3) is 0.133. The number of halogens is 3. The summed E-state index contributed by atoms with van der Waals surface area (Å²) in [5, 5.41) is 4.33. The minimum Gasteiger partial charge on any atom is -0.398 e. The summed E-state index contributed by atoms with van der Waals surface area (Å²) >= 11 is 17.8. The Morgan fingerprint density at radius 2 is 1.81 bits per heavy atom. The van der Waals surface area contributed by atoms with E-state index in [1.807, 2.05) is 6.92 Å². The lowest BCUT2D eigenvalue weighted by molar-refractivity contribution is 0.0940. The second-order valence-electron chi connectivity index (χ2n) is 4.60. The molecule has 0 saturated heterocycles. The van der Waals surface area contributed by atoms with Gasteiger partial charge in [0.05, 0.1) is 16.8 Å². The maximum absolute atomic E-state index is 12.2. The Bertz CT molecular complexity index is 689. The number of rotatable bonds is 3. The molecule has 3 N–H and O–H groups in total. The molecule has 2 aromatic rings. The van der Waals surface area contributed by atoms with Crippen LogP contribution >= 0.6 is 34.8 Å². The van der Waals surface area contributed by atoms with E-state index in [1.165, 1.54) is 6.07 Å². The summed E-state index contributed by atoms with van der Waals surface area (Å²) in [6.45, 7) is 1.84. The third-order valence-corrected chi connectivity index (χ3v) is 3.94. The number of carbonyl (C=O) groups is 1. The zero-order chi connectivity index (χ0) is 15.6. The van der Waals surface area contributed by atoms with Gasteiger partial charge in [0.1, 0.15) is 0 Å². The van der Waals surface area contributed by atoms with Crippen molar-refractivity contribution in [3.63, 3.8) is 0 Å². The highest BCUT2D eigenvalue weighted by Gasteiger charge is 2.15. The Morgan fingerprint density at radius 3 is 2.43 bits per heavy atom. The minimum atomic E-state index is -0.265. The van der Waals surface area contributed by atoms with Crippen molar-refractivity contribution in [2.24, 2.45) is 0 Å². The molecule has 0 aliphatic heterocycles. The smallest absolute Gasteiger partial charge is 0.251 e. The Hall–Kier alpha value is -1.42. The number of nitrogen functional groups attached to an aromatic ring is 1. The molecule has 0 bridgehead atoms. The van der Waals surface area contributed by atoms with Gasteiger partial charge in [-0.25, -0.2) is 0 Å². The monoisotopic (exact) mass is 342 g/mol. The molecule has 2 rings (SSSR count). The molecule has 6 heteroatoms. The highest BCUT2D eigenvalue weighted by atomic mass is 35.5. The van der Waals surface area contributed by atoms with Crippen LogP contribution in [0.3, 0.4) is 0 Å². The second kappa shape index (κ2) is 6.56. The zero-order valence-electron chi connectivity index (χ0n) is 11.2. The molecular formula is C15H13Cl3N2O. The van der Waals surface area contributed by atoms with Crippen LogP contribution in [0.2, 0.25) is 15.1 Å². The SMILES string of the molecule is CC(NC(=O)c1ccc(Cl)c(N)c1)c1ccc(Cl)cc1Cl. The van der Waals surface area contributed by atoms with Gasteiger partial charge in [-0.15, -0.1) is 0 Å².